The number of hydrogen-bond donors (Lipinski definition) is 2. The number of aromatic nitrogens is 4. The number of benzene rings is 1. The minimum absolute atomic E-state index is 0.0179. The van der Waals surface area contributed by atoms with E-state index in [9.17, 15) is 31.1 Å². The van der Waals surface area contributed by atoms with Crippen molar-refractivity contribution < 1.29 is 36.6 Å². The highest BCUT2D eigenvalue weighted by molar-refractivity contribution is 5.89. The van der Waals surface area contributed by atoms with E-state index in [1.54, 1.807) is 12.1 Å². The highest BCUT2D eigenvalue weighted by Gasteiger charge is 2.37. The highest BCUT2D eigenvalue weighted by atomic mass is 19.4. The average molecular weight is 443 g/mol. The molecule has 13 heteroatoms. The topological polar surface area (TPSA) is 89.3 Å². The fraction of sp³-hybridized carbons (Fsp3) is 0.111. The molecule has 0 saturated carbocycles. The van der Waals surface area contributed by atoms with Crippen LogP contribution in [0.2, 0.25) is 0 Å². The first kappa shape index (κ1) is 22.0. The molecule has 3 N–H and O–H groups in total. The molecule has 0 fully saturated rings. The number of pyridine rings is 1. The molecule has 1 aromatic carbocycles. The molecule has 0 unspecified atom stereocenters. The maximum Gasteiger partial charge on any atom is 0.416 e. The largest absolute Gasteiger partial charge is 0.416 e. The van der Waals surface area contributed by atoms with Gasteiger partial charge in [-0.05, 0) is 18.2 Å². The Morgan fingerprint density at radius 2 is 1.61 bits per heavy atom. The molecular weight excluding hydrogens is 430 g/mol. The number of nitrogens with zero attached hydrogens (tertiary/aromatic N) is 4. The van der Waals surface area contributed by atoms with E-state index in [2.05, 4.69) is 20.5 Å². The molecule has 3 aromatic rings. The van der Waals surface area contributed by atoms with E-state index < -0.39 is 35.0 Å². The normalized spacial score (nSPS) is 12.3. The summed E-state index contributed by atoms with van der Waals surface area (Å²) in [6.07, 6.45) is -3.66. The number of rotatable bonds is 5. The smallest absolute Gasteiger partial charge is 0.265 e. The van der Waals surface area contributed by atoms with Gasteiger partial charge >= 0.3 is 12.4 Å². The van der Waals surface area contributed by atoms with Gasteiger partial charge in [-0.1, -0.05) is 0 Å². The molecule has 0 atom stereocenters. The van der Waals surface area contributed by atoms with Crippen molar-refractivity contribution in [2.45, 2.75) is 12.4 Å². The second-order valence-electron chi connectivity index (χ2n) is 6.09. The number of hydrogen-bond acceptors (Lipinski definition) is 4. The average Bonchev–Trinajstić information content (AvgIpc) is 3.19. The van der Waals surface area contributed by atoms with E-state index in [1.165, 1.54) is 17.8 Å². The van der Waals surface area contributed by atoms with Crippen LogP contribution in [0.5, 0.6) is 0 Å². The number of alkyl halides is 6. The first-order chi connectivity index (χ1) is 14.5. The quantitative estimate of drug-likeness (QED) is 0.209. The van der Waals surface area contributed by atoms with Gasteiger partial charge in [0.1, 0.15) is 6.33 Å². The Hall–Kier alpha value is -3.74. The molecule has 0 aliphatic rings. The molecule has 2 aromatic heterocycles. The minimum Gasteiger partial charge on any atom is -0.265 e. The van der Waals surface area contributed by atoms with Crippen LogP contribution in [0.25, 0.3) is 17.6 Å². The second kappa shape index (κ2) is 8.55. The number of halogens is 6. The van der Waals surface area contributed by atoms with Crippen molar-refractivity contribution in [3.8, 4) is 11.4 Å². The molecule has 0 saturated heterocycles. The number of carbonyl (C=O) groups excluding carboxylic acids is 1. The first-order valence-electron chi connectivity index (χ1n) is 8.45. The van der Waals surface area contributed by atoms with E-state index in [0.717, 1.165) is 23.3 Å². The third kappa shape index (κ3) is 5.88. The van der Waals surface area contributed by atoms with E-state index in [0.29, 0.717) is 17.8 Å². The molecule has 0 bridgehead atoms. The van der Waals surface area contributed by atoms with E-state index in [4.69, 9.17) is 0 Å². The summed E-state index contributed by atoms with van der Waals surface area (Å²) in [5.74, 6) is -0.919. The summed E-state index contributed by atoms with van der Waals surface area (Å²) in [7, 11) is 0. The lowest BCUT2D eigenvalue weighted by Gasteiger charge is -2.13. The Labute approximate surface area is 170 Å². The molecular formula is C18H13F6N6O+. The molecule has 0 radical (unpaired) electrons. The third-order valence-corrected chi connectivity index (χ3v) is 3.82. The van der Waals surface area contributed by atoms with Crippen LogP contribution < -0.4 is 10.9 Å². The van der Waals surface area contributed by atoms with Gasteiger partial charge in [0.25, 0.3) is 5.91 Å². The summed E-state index contributed by atoms with van der Waals surface area (Å²) in [4.78, 5) is 19.4. The lowest BCUT2D eigenvalue weighted by Crippen LogP contribution is -2.89. The van der Waals surface area contributed by atoms with Crippen molar-refractivity contribution in [3.63, 3.8) is 0 Å². The van der Waals surface area contributed by atoms with Crippen LogP contribution in [0.1, 0.15) is 11.1 Å². The molecule has 0 spiro atoms. The fourth-order valence-corrected chi connectivity index (χ4v) is 2.37. The fourth-order valence-electron chi connectivity index (χ4n) is 2.37. The molecule has 1 amide bonds. The minimum atomic E-state index is -4.98. The van der Waals surface area contributed by atoms with Crippen LogP contribution in [-0.4, -0.2) is 25.7 Å². The lowest BCUT2D eigenvalue weighted by molar-refractivity contribution is -0.619. The molecule has 31 heavy (non-hydrogen) atoms. The van der Waals surface area contributed by atoms with Crippen LogP contribution in [0, 0.1) is 0 Å². The van der Waals surface area contributed by atoms with E-state index in [1.807, 2.05) is 0 Å². The van der Waals surface area contributed by atoms with E-state index >= 15 is 0 Å². The predicted octanol–water partition coefficient (Wildman–Crippen LogP) is 2.77. The summed E-state index contributed by atoms with van der Waals surface area (Å²) < 4.78 is 78.9. The summed E-state index contributed by atoms with van der Waals surface area (Å²) in [5, 5.41) is 3.80. The van der Waals surface area contributed by atoms with Gasteiger partial charge in [0.15, 0.2) is 11.5 Å². The number of nitrogens with one attached hydrogen (secondary N) is 1. The Bertz CT molecular complexity index is 1060. The zero-order valence-corrected chi connectivity index (χ0v) is 15.3. The zero-order valence-electron chi connectivity index (χ0n) is 15.3. The van der Waals surface area contributed by atoms with Gasteiger partial charge in [-0.15, -0.1) is 5.10 Å². The van der Waals surface area contributed by atoms with Crippen molar-refractivity contribution in [3.05, 3.63) is 66.3 Å². The van der Waals surface area contributed by atoms with Gasteiger partial charge in [-0.2, -0.15) is 31.8 Å². The number of amides is 1. The Balaban J connectivity index is 1.77. The maximum absolute atomic E-state index is 13.0. The summed E-state index contributed by atoms with van der Waals surface area (Å²) >= 11 is 0. The maximum atomic E-state index is 13.0. The van der Waals surface area contributed by atoms with Crippen LogP contribution in [0.4, 0.5) is 32.0 Å². The van der Waals surface area contributed by atoms with Gasteiger partial charge in [0, 0.05) is 42.4 Å². The van der Waals surface area contributed by atoms with Crippen molar-refractivity contribution in [1.82, 2.24) is 25.2 Å². The lowest BCUT2D eigenvalue weighted by atomic mass is 10.0. The van der Waals surface area contributed by atoms with Crippen LogP contribution >= 0.6 is 0 Å². The second-order valence-corrected chi connectivity index (χ2v) is 6.09. The molecule has 7 nitrogen and oxygen atoms in total. The standard InChI is InChI=1S/C18H12F6N6O/c19-17(20,21)12-7-11(8-13(9-12)18(22,23)24)16-26-10-30(29-16)6-3-15(31)28-27-14-1-4-25-5-2-14/h1-10H,(H,25,27)(H,28,31)/p+1. The van der Waals surface area contributed by atoms with Gasteiger partial charge in [0.05, 0.1) is 11.1 Å². The Morgan fingerprint density at radius 1 is 1.00 bits per heavy atom. The molecule has 0 aliphatic carbocycles. The first-order valence-corrected chi connectivity index (χ1v) is 8.45. The number of nitrogens with two attached hydrogens (primary N) is 1. The Morgan fingerprint density at radius 3 is 2.19 bits per heavy atom. The number of quaternary nitrogens is 1. The van der Waals surface area contributed by atoms with Crippen LogP contribution in [-0.2, 0) is 17.1 Å². The Kier molecular flexibility index (Phi) is 6.06. The van der Waals surface area contributed by atoms with Gasteiger partial charge in [0.2, 0.25) is 0 Å². The SMILES string of the molecule is O=C(C=Cn1cnc(-c2cc(C(F)(F)F)cc(C(F)(F)F)c2)n1)N[NH2+]c1ccncc1. The van der Waals surface area contributed by atoms with Crippen molar-refractivity contribution in [2.75, 3.05) is 0 Å². The van der Waals surface area contributed by atoms with Crippen LogP contribution in [0.3, 0.4) is 0 Å². The molecule has 2 heterocycles. The molecule has 3 rings (SSSR count). The number of carbonyl (C=O) groups is 1. The van der Waals surface area contributed by atoms with Crippen molar-refractivity contribution in [2.24, 2.45) is 0 Å². The third-order valence-electron chi connectivity index (χ3n) is 3.82. The molecule has 0 aliphatic heterocycles. The van der Waals surface area contributed by atoms with E-state index in [-0.39, 0.29) is 11.9 Å². The van der Waals surface area contributed by atoms with Crippen LogP contribution in [0.15, 0.2) is 55.1 Å². The van der Waals surface area contributed by atoms with Crippen molar-refractivity contribution >= 4 is 17.8 Å². The zero-order chi connectivity index (χ0) is 22.6. The molecule has 162 valence electrons. The van der Waals surface area contributed by atoms with Crippen molar-refractivity contribution in [1.29, 1.82) is 0 Å². The predicted molar refractivity (Wildman–Crippen MR) is 94.8 cm³/mol. The monoisotopic (exact) mass is 443 g/mol. The summed E-state index contributed by atoms with van der Waals surface area (Å²) in [6.45, 7) is 0. The van der Waals surface area contributed by atoms with Gasteiger partial charge in [-0.3, -0.25) is 9.78 Å². The van der Waals surface area contributed by atoms with Gasteiger partial charge < -0.3 is 0 Å². The summed E-state index contributed by atoms with van der Waals surface area (Å²) in [5.41, 5.74) is 1.15. The van der Waals surface area contributed by atoms with Gasteiger partial charge in [-0.25, -0.2) is 15.1 Å². The highest BCUT2D eigenvalue weighted by Crippen LogP contribution is 2.37. The summed E-state index contributed by atoms with van der Waals surface area (Å²) in [6, 6.07) is 4.37.